The number of nitrogens with one attached hydrogen (secondary N) is 1. The van der Waals surface area contributed by atoms with Gasteiger partial charge in [0.1, 0.15) is 16.6 Å². The number of aldehydes is 1. The van der Waals surface area contributed by atoms with E-state index in [4.69, 9.17) is 4.74 Å². The topological polar surface area (TPSA) is 87.6 Å². The number of rotatable bonds is 6. The normalized spacial score (nSPS) is 15.4. The van der Waals surface area contributed by atoms with Crippen molar-refractivity contribution in [1.29, 1.82) is 0 Å². The minimum absolute atomic E-state index is 0.0390. The molecule has 3 aromatic rings. The third-order valence-electron chi connectivity index (χ3n) is 5.23. The molecule has 1 aliphatic rings. The van der Waals surface area contributed by atoms with Gasteiger partial charge in [0.05, 0.1) is 13.2 Å². The molecule has 0 bridgehead atoms. The Labute approximate surface area is 191 Å². The Bertz CT molecular complexity index is 1130. The zero-order valence-electron chi connectivity index (χ0n) is 17.6. The van der Waals surface area contributed by atoms with Gasteiger partial charge in [-0.25, -0.2) is 9.97 Å². The fourth-order valence-electron chi connectivity index (χ4n) is 3.47. The number of hydrogen-bond donors (Lipinski definition) is 2. The number of ether oxygens (including phenoxy) is 1. The number of thiophene rings is 1. The summed E-state index contributed by atoms with van der Waals surface area (Å²) in [5.41, 5.74) is 0.950. The molecule has 174 valence electrons. The fourth-order valence-corrected chi connectivity index (χ4v) is 4.49. The average molecular weight is 478 g/mol. The van der Waals surface area contributed by atoms with Gasteiger partial charge in [-0.3, -0.25) is 4.79 Å². The lowest BCUT2D eigenvalue weighted by molar-refractivity contribution is -0.207. The monoisotopic (exact) mass is 478 g/mol. The molecule has 0 saturated carbocycles. The quantitative estimate of drug-likeness (QED) is 0.505. The number of carbonyl (C=O) groups is 1. The number of aliphatic hydroxyl groups is 1. The molecule has 1 unspecified atom stereocenters. The molecule has 0 aromatic carbocycles. The van der Waals surface area contributed by atoms with Crippen LogP contribution in [0, 0.1) is 6.92 Å². The molecular formula is C22H21F3N4O3S. The third kappa shape index (κ3) is 5.15. The van der Waals surface area contributed by atoms with Crippen molar-refractivity contribution in [3.63, 3.8) is 0 Å². The summed E-state index contributed by atoms with van der Waals surface area (Å²) in [6.07, 6.45) is -4.94. The third-order valence-corrected chi connectivity index (χ3v) is 6.34. The highest BCUT2D eigenvalue weighted by molar-refractivity contribution is 7.19. The van der Waals surface area contributed by atoms with E-state index in [0.717, 1.165) is 29.3 Å². The molecule has 11 heteroatoms. The van der Waals surface area contributed by atoms with Crippen LogP contribution < -0.4 is 10.2 Å². The van der Waals surface area contributed by atoms with E-state index in [9.17, 15) is 23.1 Å². The van der Waals surface area contributed by atoms with Gasteiger partial charge in [-0.05, 0) is 31.2 Å². The number of pyridine rings is 2. The molecule has 33 heavy (non-hydrogen) atoms. The molecule has 7 nitrogen and oxygen atoms in total. The van der Waals surface area contributed by atoms with E-state index in [2.05, 4.69) is 20.2 Å². The first kappa shape index (κ1) is 23.1. The van der Waals surface area contributed by atoms with Crippen molar-refractivity contribution >= 4 is 34.3 Å². The highest BCUT2D eigenvalue weighted by Gasteiger charge is 2.40. The molecule has 4 rings (SSSR count). The predicted molar refractivity (Wildman–Crippen MR) is 119 cm³/mol. The summed E-state index contributed by atoms with van der Waals surface area (Å²) in [4.78, 5) is 23.2. The summed E-state index contributed by atoms with van der Waals surface area (Å²) in [7, 11) is 0. The molecule has 3 aromatic heterocycles. The minimum atomic E-state index is -4.78. The highest BCUT2D eigenvalue weighted by atomic mass is 32.1. The Morgan fingerprint density at radius 1 is 1.24 bits per heavy atom. The van der Waals surface area contributed by atoms with Crippen LogP contribution in [0.4, 0.5) is 29.8 Å². The van der Waals surface area contributed by atoms with Crippen LogP contribution in [0.5, 0.6) is 0 Å². The SMILES string of the molecule is Cc1nc(Nc2sc(-c3ccc(N4CCOCC4)nc3)cc2C=O)ccc1C(O)C(F)(F)F. The van der Waals surface area contributed by atoms with E-state index < -0.39 is 12.3 Å². The van der Waals surface area contributed by atoms with Crippen molar-refractivity contribution in [3.05, 3.63) is 53.3 Å². The maximum Gasteiger partial charge on any atom is 0.418 e. The first-order valence-electron chi connectivity index (χ1n) is 10.1. The summed E-state index contributed by atoms with van der Waals surface area (Å²) < 4.78 is 43.8. The summed E-state index contributed by atoms with van der Waals surface area (Å²) >= 11 is 1.31. The molecular weight excluding hydrogens is 457 g/mol. The van der Waals surface area contributed by atoms with E-state index in [1.165, 1.54) is 30.4 Å². The van der Waals surface area contributed by atoms with Crippen LogP contribution in [0.15, 0.2) is 36.5 Å². The number of carbonyl (C=O) groups excluding carboxylic acids is 1. The summed E-state index contributed by atoms with van der Waals surface area (Å²) in [5, 5.41) is 13.0. The van der Waals surface area contributed by atoms with Crippen molar-refractivity contribution in [1.82, 2.24) is 9.97 Å². The van der Waals surface area contributed by atoms with Gasteiger partial charge in [0.2, 0.25) is 0 Å². The van der Waals surface area contributed by atoms with Gasteiger partial charge in [0.25, 0.3) is 0 Å². The first-order chi connectivity index (χ1) is 15.8. The van der Waals surface area contributed by atoms with Crippen LogP contribution in [-0.2, 0) is 4.74 Å². The lowest BCUT2D eigenvalue weighted by Gasteiger charge is -2.27. The molecule has 0 amide bonds. The summed E-state index contributed by atoms with van der Waals surface area (Å²) in [6.45, 7) is 4.27. The van der Waals surface area contributed by atoms with Crippen molar-refractivity contribution in [2.75, 3.05) is 36.5 Å². The van der Waals surface area contributed by atoms with Crippen LogP contribution in [0.2, 0.25) is 0 Å². The maximum atomic E-state index is 12.8. The van der Waals surface area contributed by atoms with E-state index in [1.54, 1.807) is 12.3 Å². The van der Waals surface area contributed by atoms with Gasteiger partial charge in [0.15, 0.2) is 12.4 Å². The zero-order valence-corrected chi connectivity index (χ0v) is 18.4. The number of nitrogens with zero attached hydrogens (tertiary/aromatic N) is 3. The number of aliphatic hydroxyl groups excluding tert-OH is 1. The summed E-state index contributed by atoms with van der Waals surface area (Å²) in [6, 6.07) is 8.08. The van der Waals surface area contributed by atoms with Gasteiger partial charge < -0.3 is 20.1 Å². The van der Waals surface area contributed by atoms with Gasteiger partial charge in [-0.2, -0.15) is 13.2 Å². The lowest BCUT2D eigenvalue weighted by Crippen LogP contribution is -2.36. The molecule has 0 radical (unpaired) electrons. The van der Waals surface area contributed by atoms with Crippen LogP contribution in [0.3, 0.4) is 0 Å². The summed E-state index contributed by atoms with van der Waals surface area (Å²) in [5.74, 6) is 1.12. The smallest absolute Gasteiger partial charge is 0.379 e. The van der Waals surface area contributed by atoms with Crippen molar-refractivity contribution < 1.29 is 27.8 Å². The molecule has 2 N–H and O–H groups in total. The van der Waals surface area contributed by atoms with Crippen LogP contribution in [0.25, 0.3) is 10.4 Å². The van der Waals surface area contributed by atoms with Gasteiger partial charge in [-0.1, -0.05) is 6.07 Å². The molecule has 0 aliphatic carbocycles. The molecule has 1 atom stereocenters. The second-order valence-electron chi connectivity index (χ2n) is 7.46. The second-order valence-corrected chi connectivity index (χ2v) is 8.51. The van der Waals surface area contributed by atoms with Crippen LogP contribution in [0.1, 0.15) is 27.7 Å². The first-order valence-corrected chi connectivity index (χ1v) is 11.0. The number of hydrogen-bond acceptors (Lipinski definition) is 8. The van der Waals surface area contributed by atoms with Gasteiger partial charge >= 0.3 is 6.18 Å². The minimum Gasteiger partial charge on any atom is -0.379 e. The Kier molecular flexibility index (Phi) is 6.63. The van der Waals surface area contributed by atoms with Crippen molar-refractivity contribution in [2.45, 2.75) is 19.2 Å². The number of halogens is 3. The van der Waals surface area contributed by atoms with Gasteiger partial charge in [-0.15, -0.1) is 11.3 Å². The van der Waals surface area contributed by atoms with Gasteiger partial charge in [0, 0.05) is 46.5 Å². The number of alkyl halides is 3. The molecule has 0 spiro atoms. The standard InChI is InChI=1S/C22H21F3N4O3S/c1-13-16(20(31)22(23,24)25)3-4-18(27-13)28-21-15(12-30)10-17(33-21)14-2-5-19(26-11-14)29-6-8-32-9-7-29/h2-5,10-12,20,31H,6-9H2,1H3,(H,27,28). The van der Waals surface area contributed by atoms with E-state index in [0.29, 0.717) is 30.1 Å². The average Bonchev–Trinajstić information content (AvgIpc) is 3.21. The molecule has 1 saturated heterocycles. The Morgan fingerprint density at radius 3 is 2.61 bits per heavy atom. The van der Waals surface area contributed by atoms with E-state index in [1.807, 2.05) is 12.1 Å². The van der Waals surface area contributed by atoms with E-state index >= 15 is 0 Å². The Morgan fingerprint density at radius 2 is 2.00 bits per heavy atom. The molecule has 1 aliphatic heterocycles. The maximum absolute atomic E-state index is 12.8. The number of morpholine rings is 1. The van der Waals surface area contributed by atoms with Crippen molar-refractivity contribution in [3.8, 4) is 10.4 Å². The molecule has 1 fully saturated rings. The zero-order chi connectivity index (χ0) is 23.6. The number of aryl methyl sites for hydroxylation is 1. The van der Waals surface area contributed by atoms with Crippen LogP contribution >= 0.6 is 11.3 Å². The largest absolute Gasteiger partial charge is 0.418 e. The number of aromatic nitrogens is 2. The highest BCUT2D eigenvalue weighted by Crippen LogP contribution is 2.37. The number of anilines is 3. The molecule has 4 heterocycles. The fraction of sp³-hybridized carbons (Fsp3) is 0.318. The van der Waals surface area contributed by atoms with Crippen molar-refractivity contribution in [2.24, 2.45) is 0 Å². The lowest BCUT2D eigenvalue weighted by atomic mass is 10.1. The predicted octanol–water partition coefficient (Wildman–Crippen LogP) is 4.50. The Hall–Kier alpha value is -3.02. The van der Waals surface area contributed by atoms with E-state index in [-0.39, 0.29) is 17.1 Å². The van der Waals surface area contributed by atoms with Crippen LogP contribution in [-0.4, -0.2) is 53.8 Å². The second kappa shape index (κ2) is 9.46. The Balaban J connectivity index is 1.54.